The van der Waals surface area contributed by atoms with Crippen molar-refractivity contribution in [3.63, 3.8) is 0 Å². The van der Waals surface area contributed by atoms with Gasteiger partial charge in [0.1, 0.15) is 5.15 Å². The van der Waals surface area contributed by atoms with Crippen LogP contribution in [0.25, 0.3) is 0 Å². The molecule has 4 nitrogen and oxygen atoms in total. The number of aliphatic hydroxyl groups is 1. The Morgan fingerprint density at radius 2 is 2.05 bits per heavy atom. The molecule has 0 atom stereocenters. The number of nitrogens with zero attached hydrogens (tertiary/aromatic N) is 1. The molecule has 1 aromatic heterocycles. The SMILES string of the molecule is CCC(CC)(CO)CNC(=O)c1cnc(Cl)c(Cl)c1. The van der Waals surface area contributed by atoms with E-state index in [1.165, 1.54) is 12.3 Å². The summed E-state index contributed by atoms with van der Waals surface area (Å²) in [4.78, 5) is 15.8. The third kappa shape index (κ3) is 4.06. The molecule has 0 aromatic carbocycles. The Bertz CT molecular complexity index is 440. The summed E-state index contributed by atoms with van der Waals surface area (Å²) in [5.41, 5.74) is 0.0766. The van der Waals surface area contributed by atoms with E-state index in [-0.39, 0.29) is 28.1 Å². The molecule has 0 radical (unpaired) electrons. The number of hydrogen-bond acceptors (Lipinski definition) is 3. The van der Waals surface area contributed by atoms with Gasteiger partial charge in [0.15, 0.2) is 0 Å². The van der Waals surface area contributed by atoms with E-state index in [1.54, 1.807) is 0 Å². The number of carbonyl (C=O) groups excluding carboxylic acids is 1. The summed E-state index contributed by atoms with van der Waals surface area (Å²) in [6.07, 6.45) is 2.96. The number of nitrogens with one attached hydrogen (secondary N) is 1. The zero-order valence-corrected chi connectivity index (χ0v) is 12.6. The first kappa shape index (κ1) is 16.2. The average molecular weight is 305 g/mol. The minimum atomic E-state index is -0.278. The van der Waals surface area contributed by atoms with Gasteiger partial charge in [-0.05, 0) is 18.9 Å². The summed E-state index contributed by atoms with van der Waals surface area (Å²) >= 11 is 11.5. The Morgan fingerprint density at radius 1 is 1.42 bits per heavy atom. The fourth-order valence-corrected chi connectivity index (χ4v) is 1.96. The van der Waals surface area contributed by atoms with Crippen LogP contribution in [0, 0.1) is 5.41 Å². The number of halogens is 2. The maximum atomic E-state index is 12.0. The summed E-state index contributed by atoms with van der Waals surface area (Å²) in [6, 6.07) is 1.48. The number of pyridine rings is 1. The van der Waals surface area contributed by atoms with E-state index in [0.717, 1.165) is 12.8 Å². The molecule has 2 N–H and O–H groups in total. The summed E-state index contributed by atoms with van der Waals surface area (Å²) in [7, 11) is 0. The van der Waals surface area contributed by atoms with Gasteiger partial charge in [-0.2, -0.15) is 0 Å². The highest BCUT2D eigenvalue weighted by Gasteiger charge is 2.26. The fraction of sp³-hybridized carbons (Fsp3) is 0.538. The molecule has 1 heterocycles. The average Bonchev–Trinajstić information content (AvgIpc) is 2.43. The van der Waals surface area contributed by atoms with Crippen LogP contribution in [-0.4, -0.2) is 29.1 Å². The predicted octanol–water partition coefficient (Wildman–Crippen LogP) is 2.92. The molecule has 1 aromatic rings. The van der Waals surface area contributed by atoms with Crippen LogP contribution in [0.3, 0.4) is 0 Å². The normalized spacial score (nSPS) is 11.4. The third-order valence-corrected chi connectivity index (χ3v) is 4.20. The second-order valence-corrected chi connectivity index (χ2v) is 5.31. The Balaban J connectivity index is 2.72. The number of rotatable bonds is 6. The van der Waals surface area contributed by atoms with Crippen LogP contribution in [-0.2, 0) is 0 Å². The predicted molar refractivity (Wildman–Crippen MR) is 76.7 cm³/mol. The number of amides is 1. The van der Waals surface area contributed by atoms with E-state index in [2.05, 4.69) is 10.3 Å². The number of aromatic nitrogens is 1. The molecular formula is C13H18Cl2N2O2. The lowest BCUT2D eigenvalue weighted by Crippen LogP contribution is -2.39. The van der Waals surface area contributed by atoms with Gasteiger partial charge in [-0.3, -0.25) is 4.79 Å². The molecule has 0 spiro atoms. The molecule has 0 unspecified atom stereocenters. The van der Waals surface area contributed by atoms with Crippen molar-refractivity contribution in [3.05, 3.63) is 28.0 Å². The minimum Gasteiger partial charge on any atom is -0.396 e. The molecule has 0 saturated carbocycles. The summed E-state index contributed by atoms with van der Waals surface area (Å²) in [5.74, 6) is -0.272. The molecule has 0 bridgehead atoms. The maximum Gasteiger partial charge on any atom is 0.252 e. The lowest BCUT2D eigenvalue weighted by Gasteiger charge is -2.29. The monoisotopic (exact) mass is 304 g/mol. The van der Waals surface area contributed by atoms with Crippen molar-refractivity contribution in [3.8, 4) is 0 Å². The van der Waals surface area contributed by atoms with Crippen molar-refractivity contribution >= 4 is 29.1 Å². The van der Waals surface area contributed by atoms with Crippen molar-refractivity contribution < 1.29 is 9.90 Å². The Morgan fingerprint density at radius 3 is 2.53 bits per heavy atom. The van der Waals surface area contributed by atoms with Gasteiger partial charge < -0.3 is 10.4 Å². The highest BCUT2D eigenvalue weighted by molar-refractivity contribution is 6.41. The third-order valence-electron chi connectivity index (χ3n) is 3.52. The van der Waals surface area contributed by atoms with Gasteiger partial charge in [0.25, 0.3) is 5.91 Å². The second-order valence-electron chi connectivity index (χ2n) is 4.54. The van der Waals surface area contributed by atoms with Crippen LogP contribution in [0.2, 0.25) is 10.2 Å². The smallest absolute Gasteiger partial charge is 0.252 e. The van der Waals surface area contributed by atoms with E-state index in [4.69, 9.17) is 23.2 Å². The van der Waals surface area contributed by atoms with Crippen molar-refractivity contribution in [1.29, 1.82) is 0 Å². The fourth-order valence-electron chi connectivity index (χ4n) is 1.69. The van der Waals surface area contributed by atoms with Gasteiger partial charge in [0.05, 0.1) is 17.2 Å². The van der Waals surface area contributed by atoms with Crippen LogP contribution >= 0.6 is 23.2 Å². The van der Waals surface area contributed by atoms with Gasteiger partial charge in [-0.25, -0.2) is 4.98 Å². The van der Waals surface area contributed by atoms with Crippen molar-refractivity contribution in [1.82, 2.24) is 10.3 Å². The minimum absolute atomic E-state index is 0.0416. The number of aliphatic hydroxyl groups excluding tert-OH is 1. The molecule has 0 fully saturated rings. The largest absolute Gasteiger partial charge is 0.396 e. The van der Waals surface area contributed by atoms with E-state index in [9.17, 15) is 9.90 Å². The molecule has 0 aliphatic heterocycles. The van der Waals surface area contributed by atoms with Crippen LogP contribution < -0.4 is 5.32 Å². The van der Waals surface area contributed by atoms with Crippen LogP contribution in [0.15, 0.2) is 12.3 Å². The maximum absolute atomic E-state index is 12.0. The van der Waals surface area contributed by atoms with Gasteiger partial charge in [-0.15, -0.1) is 0 Å². The first-order valence-corrected chi connectivity index (χ1v) is 6.93. The summed E-state index contributed by atoms with van der Waals surface area (Å²) in [6.45, 7) is 4.44. The molecule has 0 saturated heterocycles. The van der Waals surface area contributed by atoms with Crippen LogP contribution in [0.5, 0.6) is 0 Å². The van der Waals surface area contributed by atoms with Gasteiger partial charge in [0.2, 0.25) is 0 Å². The van der Waals surface area contributed by atoms with Gasteiger partial charge in [-0.1, -0.05) is 37.0 Å². The standard InChI is InChI=1S/C13H18Cl2N2O2/c1-3-13(4-2,8-18)7-17-12(19)9-5-10(14)11(15)16-6-9/h5-6,18H,3-4,7-8H2,1-2H3,(H,17,19). The van der Waals surface area contributed by atoms with E-state index < -0.39 is 0 Å². The Hall–Kier alpha value is -0.840. The zero-order valence-electron chi connectivity index (χ0n) is 11.0. The topological polar surface area (TPSA) is 62.2 Å². The highest BCUT2D eigenvalue weighted by Crippen LogP contribution is 2.25. The zero-order chi connectivity index (χ0) is 14.5. The van der Waals surface area contributed by atoms with Gasteiger partial charge >= 0.3 is 0 Å². The first-order chi connectivity index (χ1) is 8.98. The Kier molecular flexibility index (Phi) is 6.04. The van der Waals surface area contributed by atoms with Crippen molar-refractivity contribution in [2.75, 3.05) is 13.2 Å². The first-order valence-electron chi connectivity index (χ1n) is 6.18. The summed E-state index contributed by atoms with van der Waals surface area (Å²) in [5, 5.41) is 12.7. The van der Waals surface area contributed by atoms with Crippen molar-refractivity contribution in [2.24, 2.45) is 5.41 Å². The summed E-state index contributed by atoms with van der Waals surface area (Å²) < 4.78 is 0. The lowest BCUT2D eigenvalue weighted by molar-refractivity contribution is 0.0851. The van der Waals surface area contributed by atoms with Crippen molar-refractivity contribution in [2.45, 2.75) is 26.7 Å². The molecule has 6 heteroatoms. The highest BCUT2D eigenvalue weighted by atomic mass is 35.5. The molecule has 1 amide bonds. The molecule has 0 aliphatic rings. The number of carbonyl (C=O) groups is 1. The van der Waals surface area contributed by atoms with E-state index in [1.807, 2.05) is 13.8 Å². The van der Waals surface area contributed by atoms with Crippen LogP contribution in [0.4, 0.5) is 0 Å². The molecule has 106 valence electrons. The molecule has 0 aliphatic carbocycles. The quantitative estimate of drug-likeness (QED) is 0.794. The molecular weight excluding hydrogens is 287 g/mol. The van der Waals surface area contributed by atoms with E-state index >= 15 is 0 Å². The van der Waals surface area contributed by atoms with E-state index in [0.29, 0.717) is 12.1 Å². The van der Waals surface area contributed by atoms with Gasteiger partial charge in [0, 0.05) is 18.2 Å². The second kappa shape index (κ2) is 7.08. The number of hydrogen-bond donors (Lipinski definition) is 2. The molecule has 19 heavy (non-hydrogen) atoms. The van der Waals surface area contributed by atoms with Crippen LogP contribution in [0.1, 0.15) is 37.0 Å². The Labute approximate surface area is 123 Å². The molecule has 1 rings (SSSR count). The lowest BCUT2D eigenvalue weighted by atomic mass is 9.83.